The van der Waals surface area contributed by atoms with Crippen molar-refractivity contribution in [2.45, 2.75) is 18.6 Å². The van der Waals surface area contributed by atoms with Crippen LogP contribution in [0.15, 0.2) is 36.5 Å². The van der Waals surface area contributed by atoms with E-state index in [4.69, 9.17) is 4.74 Å². The van der Waals surface area contributed by atoms with Crippen LogP contribution in [0.25, 0.3) is 22.6 Å². The Balaban J connectivity index is 1.45. The molecule has 0 unspecified atom stereocenters. The number of fused-ring (bicyclic) bond motifs is 3. The molecule has 1 amide bonds. The second-order valence-corrected chi connectivity index (χ2v) is 6.62. The van der Waals surface area contributed by atoms with E-state index in [9.17, 15) is 9.90 Å². The third-order valence-electron chi connectivity index (χ3n) is 4.99. The van der Waals surface area contributed by atoms with Gasteiger partial charge in [0.1, 0.15) is 11.8 Å². The summed E-state index contributed by atoms with van der Waals surface area (Å²) in [5.74, 6) is 0.479. The Morgan fingerprint density at radius 2 is 2.11 bits per heavy atom. The Morgan fingerprint density at radius 1 is 1.26 bits per heavy atom. The second kappa shape index (κ2) is 5.85. The van der Waals surface area contributed by atoms with E-state index in [0.717, 1.165) is 22.4 Å². The Hall–Kier alpha value is -3.33. The van der Waals surface area contributed by atoms with Crippen LogP contribution in [0.3, 0.4) is 0 Å². The molecular formula is C18H16N6O3. The van der Waals surface area contributed by atoms with Crippen LogP contribution in [0.5, 0.6) is 0 Å². The minimum absolute atomic E-state index is 0.143. The Bertz CT molecular complexity index is 1030. The van der Waals surface area contributed by atoms with Crippen LogP contribution in [0.4, 0.5) is 10.5 Å². The zero-order valence-electron chi connectivity index (χ0n) is 14.5. The molecule has 1 N–H and O–H groups in total. The lowest BCUT2D eigenvalue weighted by molar-refractivity contribution is 0.0830. The molecule has 0 spiro atoms. The fourth-order valence-corrected chi connectivity index (χ4v) is 3.70. The van der Waals surface area contributed by atoms with E-state index in [2.05, 4.69) is 26.5 Å². The number of aliphatic hydroxyl groups excluding tert-OH is 1. The standard InChI is InChI=1S/C18H16N6O3/c1-23-21-17(20-22-23)13-4-2-11(8-19-13)10-3-5-14-12(6-10)7-15-16(9-25)27-18(26)24(14)15/h2-6,8,15-16,25H,7,9H2,1H3/t15-,16-/m0/s1. The van der Waals surface area contributed by atoms with E-state index in [0.29, 0.717) is 17.9 Å². The molecule has 2 aromatic heterocycles. The maximum Gasteiger partial charge on any atom is 0.415 e. The molecule has 1 fully saturated rings. The van der Waals surface area contributed by atoms with Gasteiger partial charge >= 0.3 is 6.09 Å². The number of amides is 1. The average molecular weight is 364 g/mol. The highest BCUT2D eigenvalue weighted by atomic mass is 16.6. The molecule has 136 valence electrons. The summed E-state index contributed by atoms with van der Waals surface area (Å²) in [6, 6.07) is 9.61. The highest BCUT2D eigenvalue weighted by Crippen LogP contribution is 2.40. The predicted octanol–water partition coefficient (Wildman–Crippen LogP) is 1.18. The van der Waals surface area contributed by atoms with Crippen molar-refractivity contribution < 1.29 is 14.6 Å². The van der Waals surface area contributed by atoms with E-state index in [1.54, 1.807) is 18.1 Å². The summed E-state index contributed by atoms with van der Waals surface area (Å²) in [5, 5.41) is 21.4. The van der Waals surface area contributed by atoms with E-state index < -0.39 is 12.2 Å². The third kappa shape index (κ3) is 2.47. The smallest absolute Gasteiger partial charge is 0.415 e. The minimum Gasteiger partial charge on any atom is -0.441 e. The molecule has 9 nitrogen and oxygen atoms in total. The normalized spacial score (nSPS) is 20.5. The number of benzene rings is 1. The van der Waals surface area contributed by atoms with Gasteiger partial charge < -0.3 is 9.84 Å². The van der Waals surface area contributed by atoms with Crippen LogP contribution in [-0.2, 0) is 18.2 Å². The van der Waals surface area contributed by atoms with Crippen LogP contribution >= 0.6 is 0 Å². The van der Waals surface area contributed by atoms with Crippen LogP contribution < -0.4 is 4.90 Å². The van der Waals surface area contributed by atoms with Gasteiger partial charge in [-0.2, -0.15) is 4.80 Å². The first-order chi connectivity index (χ1) is 13.1. The van der Waals surface area contributed by atoms with Crippen molar-refractivity contribution in [2.24, 2.45) is 7.05 Å². The number of carbonyl (C=O) groups excluding carboxylic acids is 1. The maximum atomic E-state index is 12.1. The minimum atomic E-state index is -0.478. The number of anilines is 1. The molecule has 5 rings (SSSR count). The first-order valence-electron chi connectivity index (χ1n) is 8.58. The average Bonchev–Trinajstić information content (AvgIpc) is 3.36. The van der Waals surface area contributed by atoms with Gasteiger partial charge in [0.15, 0.2) is 0 Å². The number of cyclic esters (lactones) is 1. The topological polar surface area (TPSA) is 106 Å². The molecule has 1 aromatic carbocycles. The summed E-state index contributed by atoms with van der Waals surface area (Å²) in [4.78, 5) is 19.5. The van der Waals surface area contributed by atoms with Crippen molar-refractivity contribution in [1.82, 2.24) is 25.2 Å². The third-order valence-corrected chi connectivity index (χ3v) is 4.99. The second-order valence-electron chi connectivity index (χ2n) is 6.62. The van der Waals surface area contributed by atoms with Gasteiger partial charge in [-0.15, -0.1) is 10.2 Å². The van der Waals surface area contributed by atoms with Crippen molar-refractivity contribution in [1.29, 1.82) is 0 Å². The van der Waals surface area contributed by atoms with Crippen molar-refractivity contribution >= 4 is 11.8 Å². The van der Waals surface area contributed by atoms with E-state index >= 15 is 0 Å². The summed E-state index contributed by atoms with van der Waals surface area (Å²) >= 11 is 0. The molecule has 0 bridgehead atoms. The number of rotatable bonds is 3. The summed E-state index contributed by atoms with van der Waals surface area (Å²) in [6.07, 6.45) is 1.56. The number of hydrogen-bond donors (Lipinski definition) is 1. The van der Waals surface area contributed by atoms with Crippen LogP contribution in [-0.4, -0.2) is 55.1 Å². The number of aryl methyl sites for hydroxylation is 1. The molecule has 27 heavy (non-hydrogen) atoms. The lowest BCUT2D eigenvalue weighted by Crippen LogP contribution is -2.34. The molecule has 4 heterocycles. The first-order valence-corrected chi connectivity index (χ1v) is 8.58. The van der Waals surface area contributed by atoms with Gasteiger partial charge in [0.25, 0.3) is 0 Å². The molecule has 0 saturated carbocycles. The number of carbonyl (C=O) groups is 1. The van der Waals surface area contributed by atoms with Crippen LogP contribution in [0.2, 0.25) is 0 Å². The maximum absolute atomic E-state index is 12.1. The number of aromatic nitrogens is 5. The largest absolute Gasteiger partial charge is 0.441 e. The van der Waals surface area contributed by atoms with Gasteiger partial charge in [-0.05, 0) is 41.0 Å². The van der Waals surface area contributed by atoms with Crippen molar-refractivity contribution in [3.63, 3.8) is 0 Å². The fraction of sp³-hybridized carbons (Fsp3) is 0.278. The van der Waals surface area contributed by atoms with Gasteiger partial charge in [-0.3, -0.25) is 9.88 Å². The molecule has 3 aromatic rings. The number of hydrogen-bond acceptors (Lipinski definition) is 7. The lowest BCUT2D eigenvalue weighted by atomic mass is 10.0. The zero-order valence-corrected chi connectivity index (χ0v) is 14.5. The molecule has 1 saturated heterocycles. The first kappa shape index (κ1) is 15.9. The predicted molar refractivity (Wildman–Crippen MR) is 94.8 cm³/mol. The summed E-state index contributed by atoms with van der Waals surface area (Å²) in [7, 11) is 1.71. The summed E-state index contributed by atoms with van der Waals surface area (Å²) < 4.78 is 5.21. The number of ether oxygens (including phenoxy) is 1. The quantitative estimate of drug-likeness (QED) is 0.744. The molecular weight excluding hydrogens is 348 g/mol. The monoisotopic (exact) mass is 364 g/mol. The van der Waals surface area contributed by atoms with Gasteiger partial charge in [0.2, 0.25) is 5.82 Å². The molecule has 9 heteroatoms. The number of aliphatic hydroxyl groups is 1. The number of tetrazole rings is 1. The van der Waals surface area contributed by atoms with Crippen LogP contribution in [0.1, 0.15) is 5.56 Å². The number of pyridine rings is 1. The Morgan fingerprint density at radius 3 is 2.81 bits per heavy atom. The van der Waals surface area contributed by atoms with Crippen molar-refractivity contribution in [3.8, 4) is 22.6 Å². The molecule has 2 aliphatic rings. The van der Waals surface area contributed by atoms with Gasteiger partial charge in [-0.25, -0.2) is 4.79 Å². The highest BCUT2D eigenvalue weighted by molar-refractivity contribution is 5.94. The van der Waals surface area contributed by atoms with Gasteiger partial charge in [0.05, 0.1) is 25.4 Å². The van der Waals surface area contributed by atoms with Crippen LogP contribution in [0, 0.1) is 0 Å². The fourth-order valence-electron chi connectivity index (χ4n) is 3.70. The van der Waals surface area contributed by atoms with Crippen molar-refractivity contribution in [3.05, 3.63) is 42.1 Å². The Labute approximate surface area is 154 Å². The summed E-state index contributed by atoms with van der Waals surface area (Å²) in [6.45, 7) is -0.171. The lowest BCUT2D eigenvalue weighted by Gasteiger charge is -2.14. The summed E-state index contributed by atoms with van der Waals surface area (Å²) in [5.41, 5.74) is 4.53. The molecule has 2 atom stereocenters. The van der Waals surface area contributed by atoms with E-state index in [1.165, 1.54) is 4.80 Å². The molecule has 2 aliphatic heterocycles. The Kier molecular flexibility index (Phi) is 3.44. The van der Waals surface area contributed by atoms with Gasteiger partial charge in [0, 0.05) is 11.8 Å². The van der Waals surface area contributed by atoms with E-state index in [1.807, 2.05) is 24.3 Å². The highest BCUT2D eigenvalue weighted by Gasteiger charge is 2.47. The zero-order chi connectivity index (χ0) is 18.5. The van der Waals surface area contributed by atoms with Gasteiger partial charge in [-0.1, -0.05) is 12.1 Å². The molecule has 0 aliphatic carbocycles. The van der Waals surface area contributed by atoms with Crippen molar-refractivity contribution in [2.75, 3.05) is 11.5 Å². The SMILES string of the molecule is Cn1nnc(-c2ccc(-c3ccc4c(c3)C[C@H]3[C@H](CO)OC(=O)N43)cn2)n1. The molecule has 0 radical (unpaired) electrons. The van der Waals surface area contributed by atoms with E-state index in [-0.39, 0.29) is 12.6 Å². The number of nitrogens with zero attached hydrogens (tertiary/aromatic N) is 6.